The fourth-order valence-electron chi connectivity index (χ4n) is 5.65. The minimum absolute atomic E-state index is 0.00972. The minimum atomic E-state index is -4.55. The van der Waals surface area contributed by atoms with Gasteiger partial charge < -0.3 is 14.6 Å². The number of hydrogen-bond donors (Lipinski definition) is 1. The van der Waals surface area contributed by atoms with Crippen LogP contribution in [-0.4, -0.2) is 44.8 Å². The number of likely N-dealkylation sites (tertiary alicyclic amines) is 1. The van der Waals surface area contributed by atoms with E-state index in [1.807, 2.05) is 6.92 Å². The number of carbonyl (C=O) groups is 3. The summed E-state index contributed by atoms with van der Waals surface area (Å²) in [5.41, 5.74) is -0.305. The number of piperidine rings is 1. The predicted molar refractivity (Wildman–Crippen MR) is 143 cm³/mol. The molecule has 0 spiro atoms. The van der Waals surface area contributed by atoms with Gasteiger partial charge in [-0.15, -0.1) is 0 Å². The highest BCUT2D eigenvalue weighted by molar-refractivity contribution is 6.42. The maximum Gasteiger partial charge on any atom is 0.416 e. The lowest BCUT2D eigenvalue weighted by Gasteiger charge is -2.42. The summed E-state index contributed by atoms with van der Waals surface area (Å²) >= 11 is 13.0. The lowest BCUT2D eigenvalue weighted by atomic mass is 9.79. The number of carbonyl (C=O) groups excluding carboxylic acids is 2. The molecule has 1 aromatic heterocycles. The zero-order valence-electron chi connectivity index (χ0n) is 21.7. The summed E-state index contributed by atoms with van der Waals surface area (Å²) in [7, 11) is 1.48. The summed E-state index contributed by atoms with van der Waals surface area (Å²) in [4.78, 5) is 40.6. The molecule has 1 N–H and O–H groups in total. The van der Waals surface area contributed by atoms with Gasteiger partial charge in [-0.25, -0.2) is 0 Å². The second kappa shape index (κ2) is 10.5. The molecule has 2 heterocycles. The predicted octanol–water partition coefficient (Wildman–Crippen LogP) is 7.00. The quantitative estimate of drug-likeness (QED) is 0.328. The number of ketones is 1. The fourth-order valence-corrected chi connectivity index (χ4v) is 6.27. The SMILES string of the molecule is CCC1[C@@H](C)[C@@H](C(=O)O)CCN1C(=O)c1ccc(Cl)c(C(=O)c2cc3c(C)cc(C(F)(F)F)cc3n2C)c1Cl. The standard InChI is InChI=1S/C28H27Cl2F3N2O4/c1-5-20-14(3)16(27(38)39)8-9-35(20)26(37)17-6-7-19(29)23(24(17)30)25(36)22-12-18-13(2)10-15(28(31,32)33)11-21(18)34(22)4/h6-7,10-12,14,16,20H,5,8-9H2,1-4H3,(H,38,39)/t14-,16-,20?/m0/s1. The Balaban J connectivity index is 1.76. The summed E-state index contributed by atoms with van der Waals surface area (Å²) in [6, 6.07) is 5.95. The first-order valence-electron chi connectivity index (χ1n) is 12.4. The van der Waals surface area contributed by atoms with Gasteiger partial charge in [0.05, 0.1) is 38.3 Å². The first-order chi connectivity index (χ1) is 18.2. The molecule has 1 unspecified atom stereocenters. The van der Waals surface area contributed by atoms with Gasteiger partial charge in [0.25, 0.3) is 5.91 Å². The Morgan fingerprint density at radius 3 is 2.38 bits per heavy atom. The van der Waals surface area contributed by atoms with Gasteiger partial charge in [-0.2, -0.15) is 13.2 Å². The summed E-state index contributed by atoms with van der Waals surface area (Å²) < 4.78 is 41.6. The number of aromatic nitrogens is 1. The van der Waals surface area contributed by atoms with Crippen LogP contribution in [0, 0.1) is 18.8 Å². The van der Waals surface area contributed by atoms with Gasteiger partial charge in [-0.05, 0) is 61.6 Å². The van der Waals surface area contributed by atoms with Crippen LogP contribution in [0.2, 0.25) is 10.0 Å². The van der Waals surface area contributed by atoms with E-state index in [4.69, 9.17) is 23.2 Å². The molecule has 1 saturated heterocycles. The number of carboxylic acid groups (broad SMARTS) is 1. The van der Waals surface area contributed by atoms with Crippen molar-refractivity contribution in [3.63, 3.8) is 0 Å². The number of halogens is 5. The summed E-state index contributed by atoms with van der Waals surface area (Å²) in [5.74, 6) is -2.87. The Morgan fingerprint density at radius 1 is 1.13 bits per heavy atom. The lowest BCUT2D eigenvalue weighted by Crippen LogP contribution is -2.52. The molecule has 1 aliphatic rings. The van der Waals surface area contributed by atoms with Crippen LogP contribution in [0.25, 0.3) is 10.9 Å². The van der Waals surface area contributed by atoms with Gasteiger partial charge in [0, 0.05) is 30.5 Å². The molecule has 3 aromatic rings. The van der Waals surface area contributed by atoms with Crippen molar-refractivity contribution in [1.29, 1.82) is 0 Å². The van der Waals surface area contributed by atoms with E-state index in [1.54, 1.807) is 11.8 Å². The molecule has 0 radical (unpaired) electrons. The highest BCUT2D eigenvalue weighted by Gasteiger charge is 2.41. The van der Waals surface area contributed by atoms with Crippen molar-refractivity contribution in [1.82, 2.24) is 9.47 Å². The van der Waals surface area contributed by atoms with Crippen LogP contribution in [0.4, 0.5) is 13.2 Å². The number of aryl methyl sites for hydroxylation is 2. The normalized spacial score (nSPS) is 19.9. The first-order valence-corrected chi connectivity index (χ1v) is 13.2. The third kappa shape index (κ3) is 5.02. The number of rotatable bonds is 5. The topological polar surface area (TPSA) is 79.6 Å². The number of carboxylic acids is 1. The molecule has 0 aliphatic carbocycles. The van der Waals surface area contributed by atoms with Crippen LogP contribution < -0.4 is 0 Å². The van der Waals surface area contributed by atoms with E-state index in [9.17, 15) is 32.7 Å². The summed E-state index contributed by atoms with van der Waals surface area (Å²) in [6.45, 7) is 5.42. The van der Waals surface area contributed by atoms with E-state index in [-0.39, 0.29) is 57.3 Å². The van der Waals surface area contributed by atoms with E-state index in [1.165, 1.54) is 36.7 Å². The second-order valence-electron chi connectivity index (χ2n) is 9.99. The number of fused-ring (bicyclic) bond motifs is 1. The lowest BCUT2D eigenvalue weighted by molar-refractivity contribution is -0.146. The Hall–Kier alpha value is -3.04. The van der Waals surface area contributed by atoms with Crippen LogP contribution in [0.15, 0.2) is 30.3 Å². The van der Waals surface area contributed by atoms with Crippen molar-refractivity contribution >= 4 is 51.8 Å². The number of hydrogen-bond acceptors (Lipinski definition) is 3. The van der Waals surface area contributed by atoms with Crippen molar-refractivity contribution in [2.75, 3.05) is 6.54 Å². The van der Waals surface area contributed by atoms with E-state index < -0.39 is 35.3 Å². The molecule has 3 atom stereocenters. The fraction of sp³-hybridized carbons (Fsp3) is 0.393. The third-order valence-corrected chi connectivity index (χ3v) is 8.50. The average Bonchev–Trinajstić information content (AvgIpc) is 3.19. The maximum absolute atomic E-state index is 13.7. The highest BCUT2D eigenvalue weighted by Crippen LogP contribution is 2.38. The number of aliphatic carboxylic acids is 1. The highest BCUT2D eigenvalue weighted by atomic mass is 35.5. The molecule has 208 valence electrons. The van der Waals surface area contributed by atoms with Gasteiger partial charge in [0.1, 0.15) is 0 Å². The molecular weight excluding hydrogens is 556 g/mol. The van der Waals surface area contributed by atoms with Gasteiger partial charge in [0.15, 0.2) is 0 Å². The van der Waals surface area contributed by atoms with Gasteiger partial charge in [-0.1, -0.05) is 37.0 Å². The molecule has 2 aromatic carbocycles. The molecule has 6 nitrogen and oxygen atoms in total. The molecular formula is C28H27Cl2F3N2O4. The van der Waals surface area contributed by atoms with Crippen LogP contribution in [0.5, 0.6) is 0 Å². The van der Waals surface area contributed by atoms with Crippen LogP contribution in [0.3, 0.4) is 0 Å². The molecule has 1 aliphatic heterocycles. The van der Waals surface area contributed by atoms with E-state index in [0.717, 1.165) is 12.1 Å². The Morgan fingerprint density at radius 2 is 1.79 bits per heavy atom. The van der Waals surface area contributed by atoms with Crippen molar-refractivity contribution in [2.24, 2.45) is 18.9 Å². The van der Waals surface area contributed by atoms with Gasteiger partial charge >= 0.3 is 12.1 Å². The van der Waals surface area contributed by atoms with Crippen LogP contribution in [-0.2, 0) is 18.0 Å². The molecule has 1 amide bonds. The van der Waals surface area contributed by atoms with E-state index in [0.29, 0.717) is 17.4 Å². The van der Waals surface area contributed by atoms with Gasteiger partial charge in [0.2, 0.25) is 5.78 Å². The zero-order valence-corrected chi connectivity index (χ0v) is 23.2. The Labute approximate surface area is 233 Å². The Kier molecular flexibility index (Phi) is 7.80. The van der Waals surface area contributed by atoms with Crippen molar-refractivity contribution in [2.45, 2.75) is 45.8 Å². The minimum Gasteiger partial charge on any atom is -0.481 e. The number of amides is 1. The second-order valence-corrected chi connectivity index (χ2v) is 10.8. The molecule has 11 heteroatoms. The van der Waals surface area contributed by atoms with E-state index >= 15 is 0 Å². The number of nitrogens with zero attached hydrogens (tertiary/aromatic N) is 2. The maximum atomic E-state index is 13.7. The van der Waals surface area contributed by atoms with Crippen LogP contribution in [0.1, 0.15) is 64.2 Å². The largest absolute Gasteiger partial charge is 0.481 e. The van der Waals surface area contributed by atoms with Crippen LogP contribution >= 0.6 is 23.2 Å². The number of benzene rings is 2. The first kappa shape index (κ1) is 29.0. The van der Waals surface area contributed by atoms with Crippen molar-refractivity contribution in [3.8, 4) is 0 Å². The van der Waals surface area contributed by atoms with Crippen molar-refractivity contribution in [3.05, 3.63) is 68.3 Å². The number of alkyl halides is 3. The Bertz CT molecular complexity index is 1500. The van der Waals surface area contributed by atoms with E-state index in [2.05, 4.69) is 0 Å². The van der Waals surface area contributed by atoms with Gasteiger partial charge in [-0.3, -0.25) is 14.4 Å². The average molecular weight is 583 g/mol. The molecule has 1 fully saturated rings. The summed E-state index contributed by atoms with van der Waals surface area (Å²) in [6.07, 6.45) is -3.74. The molecule has 39 heavy (non-hydrogen) atoms. The molecule has 0 bridgehead atoms. The van der Waals surface area contributed by atoms with Crippen molar-refractivity contribution < 1.29 is 32.7 Å². The molecule has 0 saturated carbocycles. The smallest absolute Gasteiger partial charge is 0.416 e. The zero-order chi connectivity index (χ0) is 29.0. The third-order valence-electron chi connectivity index (χ3n) is 7.80. The summed E-state index contributed by atoms with van der Waals surface area (Å²) in [5, 5.41) is 9.85. The monoisotopic (exact) mass is 582 g/mol. The molecule has 4 rings (SSSR count).